The average Bonchev–Trinajstić information content (AvgIpc) is 2.33. The van der Waals surface area contributed by atoms with E-state index in [1.54, 1.807) is 6.07 Å². The summed E-state index contributed by atoms with van der Waals surface area (Å²) in [6.45, 7) is 0. The Morgan fingerprint density at radius 3 is 2.59 bits per heavy atom. The van der Waals surface area contributed by atoms with E-state index in [1.165, 1.54) is 24.5 Å². The second kappa shape index (κ2) is 4.88. The average molecular weight is 252 g/mol. The Morgan fingerprint density at radius 1 is 1.18 bits per heavy atom. The number of carbonyl (C=O) groups excluding carboxylic acids is 1. The van der Waals surface area contributed by atoms with Gasteiger partial charge in [0.15, 0.2) is 0 Å². The maximum Gasteiger partial charge on any atom is 0.274 e. The lowest BCUT2D eigenvalue weighted by molar-refractivity contribution is 0.102. The van der Waals surface area contributed by atoms with Crippen molar-refractivity contribution in [2.24, 2.45) is 0 Å². The summed E-state index contributed by atoms with van der Waals surface area (Å²) < 4.78 is 12.5. The van der Waals surface area contributed by atoms with E-state index in [4.69, 9.17) is 11.6 Å². The number of pyridine rings is 2. The Labute approximate surface area is 101 Å². The fraction of sp³-hybridized carbons (Fsp3) is 0. The van der Waals surface area contributed by atoms with E-state index in [9.17, 15) is 9.18 Å². The molecule has 2 rings (SSSR count). The Balaban J connectivity index is 2.11. The van der Waals surface area contributed by atoms with Crippen molar-refractivity contribution >= 4 is 23.2 Å². The molecule has 0 unspecified atom stereocenters. The highest BCUT2D eigenvalue weighted by Crippen LogP contribution is 2.09. The summed E-state index contributed by atoms with van der Waals surface area (Å²) in [4.78, 5) is 18.9. The predicted molar refractivity (Wildman–Crippen MR) is 61.4 cm³/mol. The van der Waals surface area contributed by atoms with Gasteiger partial charge in [0.2, 0.25) is 5.95 Å². The molecule has 2 aromatic heterocycles. The van der Waals surface area contributed by atoms with E-state index in [1.807, 2.05) is 0 Å². The standard InChI is InChI=1S/C11H7ClFN3O/c12-7-1-3-9(14-5-7)11(17)16-8-2-4-10(13)15-6-8/h1-6H,(H,16,17). The number of halogens is 2. The van der Waals surface area contributed by atoms with Crippen LogP contribution in [0.2, 0.25) is 5.02 Å². The molecule has 6 heteroatoms. The first-order valence-corrected chi connectivity index (χ1v) is 5.07. The summed E-state index contributed by atoms with van der Waals surface area (Å²) >= 11 is 5.65. The molecule has 0 radical (unpaired) electrons. The molecule has 86 valence electrons. The van der Waals surface area contributed by atoms with Gasteiger partial charge in [-0.2, -0.15) is 4.39 Å². The summed E-state index contributed by atoms with van der Waals surface area (Å²) in [5, 5.41) is 2.98. The van der Waals surface area contributed by atoms with Crippen molar-refractivity contribution in [2.75, 3.05) is 5.32 Å². The van der Waals surface area contributed by atoms with E-state index in [0.29, 0.717) is 10.7 Å². The van der Waals surface area contributed by atoms with Crippen LogP contribution in [0.25, 0.3) is 0 Å². The molecular weight excluding hydrogens is 245 g/mol. The minimum absolute atomic E-state index is 0.221. The first-order valence-electron chi connectivity index (χ1n) is 4.69. The van der Waals surface area contributed by atoms with Crippen molar-refractivity contribution in [3.63, 3.8) is 0 Å². The third-order valence-electron chi connectivity index (χ3n) is 1.95. The van der Waals surface area contributed by atoms with Crippen LogP contribution in [0.3, 0.4) is 0 Å². The number of amides is 1. The van der Waals surface area contributed by atoms with Gasteiger partial charge in [0.25, 0.3) is 5.91 Å². The Morgan fingerprint density at radius 2 is 2.00 bits per heavy atom. The normalized spacial score (nSPS) is 10.0. The third kappa shape index (κ3) is 2.98. The van der Waals surface area contributed by atoms with Crippen LogP contribution in [0.1, 0.15) is 10.5 Å². The maximum atomic E-state index is 12.5. The molecule has 0 saturated heterocycles. The van der Waals surface area contributed by atoms with Crippen molar-refractivity contribution in [3.8, 4) is 0 Å². The maximum absolute atomic E-state index is 12.5. The van der Waals surface area contributed by atoms with Crippen molar-refractivity contribution < 1.29 is 9.18 Å². The third-order valence-corrected chi connectivity index (χ3v) is 2.17. The molecule has 1 N–H and O–H groups in total. The van der Waals surface area contributed by atoms with Gasteiger partial charge in [0, 0.05) is 6.20 Å². The van der Waals surface area contributed by atoms with E-state index in [0.717, 1.165) is 6.07 Å². The number of hydrogen-bond donors (Lipinski definition) is 1. The summed E-state index contributed by atoms with van der Waals surface area (Å²) in [6.07, 6.45) is 2.60. The molecule has 0 aliphatic carbocycles. The minimum Gasteiger partial charge on any atom is -0.319 e. The second-order valence-corrected chi connectivity index (χ2v) is 3.62. The Kier molecular flexibility index (Phi) is 3.30. The van der Waals surface area contributed by atoms with Crippen LogP contribution < -0.4 is 5.32 Å². The molecule has 1 amide bonds. The number of rotatable bonds is 2. The van der Waals surface area contributed by atoms with Gasteiger partial charge in [0.1, 0.15) is 5.69 Å². The molecule has 2 heterocycles. The van der Waals surface area contributed by atoms with Gasteiger partial charge in [-0.3, -0.25) is 4.79 Å². The van der Waals surface area contributed by atoms with Crippen LogP contribution in [0, 0.1) is 5.95 Å². The molecule has 0 spiro atoms. The summed E-state index contributed by atoms with van der Waals surface area (Å²) in [5.41, 5.74) is 0.617. The van der Waals surface area contributed by atoms with E-state index in [-0.39, 0.29) is 5.69 Å². The van der Waals surface area contributed by atoms with Gasteiger partial charge >= 0.3 is 0 Å². The fourth-order valence-corrected chi connectivity index (χ4v) is 1.27. The molecular formula is C11H7ClFN3O. The van der Waals surface area contributed by atoms with Crippen molar-refractivity contribution in [1.82, 2.24) is 9.97 Å². The molecule has 0 saturated carbocycles. The van der Waals surface area contributed by atoms with Crippen molar-refractivity contribution in [1.29, 1.82) is 0 Å². The molecule has 0 aliphatic heterocycles. The first kappa shape index (κ1) is 11.5. The van der Waals surface area contributed by atoms with Crippen LogP contribution in [0.5, 0.6) is 0 Å². The highest BCUT2D eigenvalue weighted by Gasteiger charge is 2.07. The summed E-state index contributed by atoms with van der Waals surface area (Å²) in [5.74, 6) is -1.01. The topological polar surface area (TPSA) is 54.9 Å². The molecule has 0 aromatic carbocycles. The van der Waals surface area contributed by atoms with E-state index in [2.05, 4.69) is 15.3 Å². The Hall–Kier alpha value is -2.01. The fourth-order valence-electron chi connectivity index (χ4n) is 1.16. The highest BCUT2D eigenvalue weighted by molar-refractivity contribution is 6.30. The molecule has 17 heavy (non-hydrogen) atoms. The van der Waals surface area contributed by atoms with Crippen molar-refractivity contribution in [2.45, 2.75) is 0 Å². The second-order valence-electron chi connectivity index (χ2n) is 3.19. The van der Waals surface area contributed by atoms with Crippen LogP contribution in [0.15, 0.2) is 36.7 Å². The zero-order valence-electron chi connectivity index (χ0n) is 8.52. The predicted octanol–water partition coefficient (Wildman–Crippen LogP) is 2.52. The number of aromatic nitrogens is 2. The van der Waals surface area contributed by atoms with Gasteiger partial charge in [-0.15, -0.1) is 0 Å². The number of carbonyl (C=O) groups is 1. The molecule has 4 nitrogen and oxygen atoms in total. The van der Waals surface area contributed by atoms with Gasteiger partial charge < -0.3 is 5.32 Å². The van der Waals surface area contributed by atoms with Gasteiger partial charge in [-0.05, 0) is 24.3 Å². The van der Waals surface area contributed by atoms with Gasteiger partial charge in [0.05, 0.1) is 16.9 Å². The molecule has 0 fully saturated rings. The number of anilines is 1. The zero-order chi connectivity index (χ0) is 12.3. The largest absolute Gasteiger partial charge is 0.319 e. The SMILES string of the molecule is O=C(Nc1ccc(F)nc1)c1ccc(Cl)cn1. The zero-order valence-corrected chi connectivity index (χ0v) is 9.28. The van der Waals surface area contributed by atoms with Crippen LogP contribution in [-0.2, 0) is 0 Å². The first-order chi connectivity index (χ1) is 8.15. The summed E-state index contributed by atoms with van der Waals surface area (Å²) in [6, 6.07) is 5.63. The van der Waals surface area contributed by atoms with Gasteiger partial charge in [-0.25, -0.2) is 9.97 Å². The monoisotopic (exact) mass is 251 g/mol. The minimum atomic E-state index is -0.604. The lowest BCUT2D eigenvalue weighted by atomic mass is 10.3. The van der Waals surface area contributed by atoms with Crippen molar-refractivity contribution in [3.05, 3.63) is 53.3 Å². The van der Waals surface area contributed by atoms with Gasteiger partial charge in [-0.1, -0.05) is 11.6 Å². The number of nitrogens with zero attached hydrogens (tertiary/aromatic N) is 2. The lowest BCUT2D eigenvalue weighted by Gasteiger charge is -2.03. The van der Waals surface area contributed by atoms with Crippen LogP contribution >= 0.6 is 11.6 Å². The summed E-state index contributed by atoms with van der Waals surface area (Å²) in [7, 11) is 0. The quantitative estimate of drug-likeness (QED) is 0.835. The highest BCUT2D eigenvalue weighted by atomic mass is 35.5. The van der Waals surface area contributed by atoms with E-state index >= 15 is 0 Å². The number of hydrogen-bond acceptors (Lipinski definition) is 3. The van der Waals surface area contributed by atoms with E-state index < -0.39 is 11.9 Å². The number of nitrogens with one attached hydrogen (secondary N) is 1. The molecule has 0 atom stereocenters. The Bertz CT molecular complexity index is 527. The van der Waals surface area contributed by atoms with Crippen LogP contribution in [-0.4, -0.2) is 15.9 Å². The molecule has 0 aliphatic rings. The molecule has 2 aromatic rings. The lowest BCUT2D eigenvalue weighted by Crippen LogP contribution is -2.13. The van der Waals surface area contributed by atoms with Crippen LogP contribution in [0.4, 0.5) is 10.1 Å². The smallest absolute Gasteiger partial charge is 0.274 e. The molecule has 0 bridgehead atoms.